The molecule has 126 valence electrons. The monoisotopic (exact) mass is 321 g/mol. The Bertz CT molecular complexity index is 549. The lowest BCUT2D eigenvalue weighted by molar-refractivity contribution is 0.0926. The standard InChI is InChI=1S/C14H24BN5O3/c1-9(2)7-11(15(22)23)19-13(16)14(3,4)20-12(21)10-8-17-5-6-18-10/h5-6,8-9,11,22-23H,7H2,1-4H3,(H2,16,19)(H,20,21). The molecule has 1 atom stereocenters. The SMILES string of the molecule is CC(C)CC(N=C(N)C(C)(C)NC(=O)c1cnccn1)B(O)O. The number of nitrogens with two attached hydrogens (primary N) is 1. The normalized spacial score (nSPS) is 13.8. The van der Waals surface area contributed by atoms with E-state index in [2.05, 4.69) is 20.3 Å². The molecule has 1 heterocycles. The van der Waals surface area contributed by atoms with E-state index in [9.17, 15) is 14.8 Å². The molecule has 0 radical (unpaired) electrons. The molecular formula is C14H24BN5O3. The first-order valence-corrected chi connectivity index (χ1v) is 7.42. The molecule has 5 N–H and O–H groups in total. The number of carbonyl (C=O) groups excluding carboxylic acids is 1. The Morgan fingerprint density at radius 1 is 1.43 bits per heavy atom. The van der Waals surface area contributed by atoms with Gasteiger partial charge in [0.15, 0.2) is 0 Å². The van der Waals surface area contributed by atoms with Gasteiger partial charge in [0.1, 0.15) is 11.5 Å². The molecule has 9 heteroatoms. The zero-order chi connectivity index (χ0) is 17.6. The van der Waals surface area contributed by atoms with Gasteiger partial charge in [0, 0.05) is 12.4 Å². The van der Waals surface area contributed by atoms with E-state index >= 15 is 0 Å². The molecular weight excluding hydrogens is 297 g/mol. The summed E-state index contributed by atoms with van der Waals surface area (Å²) in [7, 11) is -1.61. The van der Waals surface area contributed by atoms with Crippen LogP contribution in [0.4, 0.5) is 0 Å². The maximum Gasteiger partial charge on any atom is 0.477 e. The first-order valence-electron chi connectivity index (χ1n) is 7.42. The van der Waals surface area contributed by atoms with Gasteiger partial charge in [-0.15, -0.1) is 0 Å². The Labute approximate surface area is 136 Å². The average molecular weight is 321 g/mol. The van der Waals surface area contributed by atoms with Crippen LogP contribution in [0, 0.1) is 5.92 Å². The number of nitrogens with zero attached hydrogens (tertiary/aromatic N) is 3. The average Bonchev–Trinajstić information content (AvgIpc) is 2.46. The predicted octanol–water partition coefficient (Wildman–Crippen LogP) is -0.231. The summed E-state index contributed by atoms with van der Waals surface area (Å²) >= 11 is 0. The van der Waals surface area contributed by atoms with Crippen LogP contribution < -0.4 is 11.1 Å². The van der Waals surface area contributed by atoms with Crippen LogP contribution in [0.2, 0.25) is 0 Å². The van der Waals surface area contributed by atoms with E-state index in [1.54, 1.807) is 13.8 Å². The van der Waals surface area contributed by atoms with Gasteiger partial charge in [-0.3, -0.25) is 14.8 Å². The van der Waals surface area contributed by atoms with Crippen LogP contribution >= 0.6 is 0 Å². The fraction of sp³-hybridized carbons (Fsp3) is 0.571. The highest BCUT2D eigenvalue weighted by Gasteiger charge is 2.30. The summed E-state index contributed by atoms with van der Waals surface area (Å²) in [6, 6.07) is 0. The van der Waals surface area contributed by atoms with E-state index in [0.29, 0.717) is 6.42 Å². The molecule has 1 aromatic heterocycles. The van der Waals surface area contributed by atoms with Crippen molar-refractivity contribution in [3.05, 3.63) is 24.3 Å². The topological polar surface area (TPSA) is 134 Å². The number of rotatable bonds is 7. The van der Waals surface area contributed by atoms with Crippen LogP contribution in [0.15, 0.2) is 23.6 Å². The summed E-state index contributed by atoms with van der Waals surface area (Å²) in [5, 5.41) is 21.6. The molecule has 0 aliphatic rings. The van der Waals surface area contributed by atoms with Crippen LogP contribution in [0.3, 0.4) is 0 Å². The van der Waals surface area contributed by atoms with Crippen molar-refractivity contribution in [1.82, 2.24) is 15.3 Å². The van der Waals surface area contributed by atoms with Gasteiger partial charge in [-0.25, -0.2) is 4.98 Å². The smallest absolute Gasteiger partial charge is 0.426 e. The summed E-state index contributed by atoms with van der Waals surface area (Å²) < 4.78 is 0. The van der Waals surface area contributed by atoms with E-state index in [1.165, 1.54) is 18.6 Å². The second kappa shape index (κ2) is 8.03. The molecule has 0 bridgehead atoms. The maximum atomic E-state index is 12.1. The number of amidine groups is 1. The van der Waals surface area contributed by atoms with Gasteiger partial charge in [-0.05, 0) is 26.2 Å². The van der Waals surface area contributed by atoms with Crippen LogP contribution in [-0.2, 0) is 0 Å². The highest BCUT2D eigenvalue weighted by molar-refractivity contribution is 6.43. The van der Waals surface area contributed by atoms with Crippen molar-refractivity contribution < 1.29 is 14.8 Å². The zero-order valence-corrected chi connectivity index (χ0v) is 13.9. The third-order valence-electron chi connectivity index (χ3n) is 3.22. The summed E-state index contributed by atoms with van der Waals surface area (Å²) in [4.78, 5) is 24.1. The number of amides is 1. The van der Waals surface area contributed by atoms with Gasteiger partial charge in [-0.2, -0.15) is 0 Å². The zero-order valence-electron chi connectivity index (χ0n) is 13.9. The van der Waals surface area contributed by atoms with Gasteiger partial charge >= 0.3 is 7.12 Å². The molecule has 0 saturated heterocycles. The summed E-state index contributed by atoms with van der Waals surface area (Å²) in [5.41, 5.74) is 5.16. The Balaban J connectivity index is 2.88. The predicted molar refractivity (Wildman–Crippen MR) is 88.6 cm³/mol. The van der Waals surface area contributed by atoms with Gasteiger partial charge < -0.3 is 21.1 Å². The maximum absolute atomic E-state index is 12.1. The molecule has 0 aromatic carbocycles. The van der Waals surface area contributed by atoms with E-state index in [0.717, 1.165) is 0 Å². The van der Waals surface area contributed by atoms with Gasteiger partial charge in [0.05, 0.1) is 17.7 Å². The molecule has 0 aliphatic heterocycles. The van der Waals surface area contributed by atoms with E-state index in [1.807, 2.05) is 13.8 Å². The lowest BCUT2D eigenvalue weighted by Gasteiger charge is -2.27. The second-order valence-corrected chi connectivity index (χ2v) is 6.29. The molecule has 1 aromatic rings. The fourth-order valence-corrected chi connectivity index (χ4v) is 1.89. The number of carbonyl (C=O) groups is 1. The lowest BCUT2D eigenvalue weighted by atomic mass is 9.75. The fourth-order valence-electron chi connectivity index (χ4n) is 1.89. The summed E-state index contributed by atoms with van der Waals surface area (Å²) in [6.07, 6.45) is 4.70. The van der Waals surface area contributed by atoms with Crippen molar-refractivity contribution in [3.8, 4) is 0 Å². The molecule has 23 heavy (non-hydrogen) atoms. The molecule has 0 spiro atoms. The third kappa shape index (κ3) is 5.95. The van der Waals surface area contributed by atoms with Gasteiger partial charge in [-0.1, -0.05) is 13.8 Å². The van der Waals surface area contributed by atoms with E-state index < -0.39 is 24.5 Å². The van der Waals surface area contributed by atoms with Crippen LogP contribution in [0.25, 0.3) is 0 Å². The van der Waals surface area contributed by atoms with Crippen molar-refractivity contribution in [3.63, 3.8) is 0 Å². The Morgan fingerprint density at radius 3 is 2.57 bits per heavy atom. The highest BCUT2D eigenvalue weighted by atomic mass is 16.4. The highest BCUT2D eigenvalue weighted by Crippen LogP contribution is 2.12. The van der Waals surface area contributed by atoms with Crippen molar-refractivity contribution in [1.29, 1.82) is 0 Å². The van der Waals surface area contributed by atoms with Crippen molar-refractivity contribution in [2.24, 2.45) is 16.6 Å². The minimum atomic E-state index is -1.61. The Kier molecular flexibility index (Phi) is 6.65. The summed E-state index contributed by atoms with van der Waals surface area (Å²) in [6.45, 7) is 7.25. The largest absolute Gasteiger partial charge is 0.477 e. The molecule has 0 saturated carbocycles. The van der Waals surface area contributed by atoms with Crippen molar-refractivity contribution in [2.75, 3.05) is 0 Å². The van der Waals surface area contributed by atoms with Crippen LogP contribution in [-0.4, -0.2) is 50.4 Å². The Morgan fingerprint density at radius 2 is 2.09 bits per heavy atom. The molecule has 0 aliphatic carbocycles. The number of hydrogen-bond acceptors (Lipinski definition) is 6. The van der Waals surface area contributed by atoms with E-state index in [4.69, 9.17) is 5.73 Å². The van der Waals surface area contributed by atoms with Crippen LogP contribution in [0.5, 0.6) is 0 Å². The minimum absolute atomic E-state index is 0.105. The minimum Gasteiger partial charge on any atom is -0.426 e. The molecule has 0 fully saturated rings. The van der Waals surface area contributed by atoms with E-state index in [-0.39, 0.29) is 17.4 Å². The second-order valence-electron chi connectivity index (χ2n) is 6.29. The first-order chi connectivity index (χ1) is 10.6. The van der Waals surface area contributed by atoms with Crippen molar-refractivity contribution in [2.45, 2.75) is 45.6 Å². The Hall–Kier alpha value is -2.00. The molecule has 1 unspecified atom stereocenters. The summed E-state index contributed by atoms with van der Waals surface area (Å²) in [5.74, 6) is -0.863. The number of hydrogen-bond donors (Lipinski definition) is 4. The first kappa shape index (κ1) is 19.1. The van der Waals surface area contributed by atoms with Gasteiger partial charge in [0.25, 0.3) is 5.91 Å². The molecule has 1 rings (SSSR count). The quantitative estimate of drug-likeness (QED) is 0.311. The van der Waals surface area contributed by atoms with Gasteiger partial charge in [0.2, 0.25) is 0 Å². The van der Waals surface area contributed by atoms with Crippen LogP contribution in [0.1, 0.15) is 44.6 Å². The number of nitrogens with one attached hydrogen (secondary N) is 1. The van der Waals surface area contributed by atoms with Crippen molar-refractivity contribution >= 4 is 18.9 Å². The third-order valence-corrected chi connectivity index (χ3v) is 3.22. The number of aliphatic imine (C=N–C) groups is 1. The molecule has 8 nitrogen and oxygen atoms in total. The molecule has 1 amide bonds. The lowest BCUT2D eigenvalue weighted by Crippen LogP contribution is -2.54. The number of aromatic nitrogens is 2.